The molecule has 0 saturated carbocycles. The highest BCUT2D eigenvalue weighted by Gasteiger charge is 2.04. The summed E-state index contributed by atoms with van der Waals surface area (Å²) < 4.78 is 0.901. The minimum absolute atomic E-state index is 0.429. The summed E-state index contributed by atoms with van der Waals surface area (Å²) in [6.07, 6.45) is 3.42. The van der Waals surface area contributed by atoms with Crippen LogP contribution >= 0.6 is 15.9 Å². The van der Waals surface area contributed by atoms with E-state index in [9.17, 15) is 0 Å². The van der Waals surface area contributed by atoms with Crippen LogP contribution in [0.25, 0.3) is 10.9 Å². The van der Waals surface area contributed by atoms with Gasteiger partial charge in [0.15, 0.2) is 5.69 Å². The van der Waals surface area contributed by atoms with Crippen molar-refractivity contribution >= 4 is 26.8 Å². The van der Waals surface area contributed by atoms with Gasteiger partial charge in [-0.2, -0.15) is 5.26 Å². The maximum atomic E-state index is 8.70. The van der Waals surface area contributed by atoms with Crippen molar-refractivity contribution in [1.82, 2.24) is 9.97 Å². The molecule has 0 fully saturated rings. The van der Waals surface area contributed by atoms with E-state index in [1.807, 2.05) is 12.1 Å². The SMILES string of the molecule is N#Cc1ncc(Br)c2cc[nH]c12. The van der Waals surface area contributed by atoms with E-state index in [1.54, 1.807) is 12.4 Å². The van der Waals surface area contributed by atoms with Crippen LogP contribution in [0.5, 0.6) is 0 Å². The Kier molecular flexibility index (Phi) is 1.59. The number of fused-ring (bicyclic) bond motifs is 1. The molecule has 0 bridgehead atoms. The summed E-state index contributed by atoms with van der Waals surface area (Å²) >= 11 is 3.35. The van der Waals surface area contributed by atoms with Crippen molar-refractivity contribution in [2.75, 3.05) is 0 Å². The summed E-state index contributed by atoms with van der Waals surface area (Å²) in [6.45, 7) is 0. The summed E-state index contributed by atoms with van der Waals surface area (Å²) in [5, 5.41) is 9.68. The molecule has 0 aliphatic heterocycles. The molecule has 3 nitrogen and oxygen atoms in total. The van der Waals surface area contributed by atoms with Crippen LogP contribution in [0.1, 0.15) is 5.69 Å². The Morgan fingerprint density at radius 3 is 3.17 bits per heavy atom. The molecule has 0 aliphatic rings. The number of pyridine rings is 1. The quantitative estimate of drug-likeness (QED) is 0.742. The van der Waals surface area contributed by atoms with Crippen LogP contribution in [-0.4, -0.2) is 9.97 Å². The second-order valence-electron chi connectivity index (χ2n) is 2.33. The minimum atomic E-state index is 0.429. The van der Waals surface area contributed by atoms with Gasteiger partial charge in [-0.1, -0.05) is 0 Å². The van der Waals surface area contributed by atoms with Crippen molar-refractivity contribution in [3.05, 3.63) is 28.6 Å². The van der Waals surface area contributed by atoms with Gasteiger partial charge in [0.25, 0.3) is 0 Å². The van der Waals surface area contributed by atoms with Crippen LogP contribution in [0.2, 0.25) is 0 Å². The van der Waals surface area contributed by atoms with Crippen LogP contribution in [0.4, 0.5) is 0 Å². The third-order valence-electron chi connectivity index (χ3n) is 1.65. The number of halogens is 1. The lowest BCUT2D eigenvalue weighted by molar-refractivity contribution is 1.27. The average Bonchev–Trinajstić information content (AvgIpc) is 2.54. The number of hydrogen-bond acceptors (Lipinski definition) is 2. The zero-order valence-corrected chi connectivity index (χ0v) is 7.59. The van der Waals surface area contributed by atoms with Gasteiger partial charge in [0, 0.05) is 22.3 Å². The van der Waals surface area contributed by atoms with Gasteiger partial charge in [-0.3, -0.25) is 0 Å². The molecule has 58 valence electrons. The highest BCUT2D eigenvalue weighted by Crippen LogP contribution is 2.23. The molecule has 2 rings (SSSR count). The molecule has 0 atom stereocenters. The van der Waals surface area contributed by atoms with E-state index >= 15 is 0 Å². The minimum Gasteiger partial charge on any atom is -0.359 e. The summed E-state index contributed by atoms with van der Waals surface area (Å²) in [4.78, 5) is 6.92. The van der Waals surface area contributed by atoms with Crippen molar-refractivity contribution in [3.63, 3.8) is 0 Å². The number of nitrogens with one attached hydrogen (secondary N) is 1. The van der Waals surface area contributed by atoms with Crippen molar-refractivity contribution < 1.29 is 0 Å². The zero-order chi connectivity index (χ0) is 8.55. The van der Waals surface area contributed by atoms with Crippen molar-refractivity contribution in [1.29, 1.82) is 5.26 Å². The van der Waals surface area contributed by atoms with Crippen LogP contribution in [0, 0.1) is 11.3 Å². The number of nitrogens with zero attached hydrogens (tertiary/aromatic N) is 2. The highest BCUT2D eigenvalue weighted by molar-refractivity contribution is 9.10. The molecular weight excluding hydrogens is 218 g/mol. The van der Waals surface area contributed by atoms with Crippen LogP contribution in [0.3, 0.4) is 0 Å². The molecule has 0 amide bonds. The van der Waals surface area contributed by atoms with Gasteiger partial charge in [0.05, 0.1) is 5.52 Å². The summed E-state index contributed by atoms with van der Waals surface area (Å²) in [6, 6.07) is 3.92. The zero-order valence-electron chi connectivity index (χ0n) is 6.00. The maximum Gasteiger partial charge on any atom is 0.164 e. The maximum absolute atomic E-state index is 8.70. The van der Waals surface area contributed by atoms with Gasteiger partial charge >= 0.3 is 0 Å². The topological polar surface area (TPSA) is 52.5 Å². The largest absolute Gasteiger partial charge is 0.359 e. The van der Waals surface area contributed by atoms with Gasteiger partial charge in [0.1, 0.15) is 6.07 Å². The molecule has 0 saturated heterocycles. The average molecular weight is 222 g/mol. The molecule has 0 aliphatic carbocycles. The molecule has 0 radical (unpaired) electrons. The van der Waals surface area contributed by atoms with Crippen LogP contribution in [-0.2, 0) is 0 Å². The van der Waals surface area contributed by atoms with Crippen LogP contribution in [0.15, 0.2) is 22.9 Å². The number of nitriles is 1. The van der Waals surface area contributed by atoms with Crippen molar-refractivity contribution in [2.24, 2.45) is 0 Å². The predicted molar refractivity (Wildman–Crippen MR) is 48.5 cm³/mol. The Hall–Kier alpha value is -1.34. The Morgan fingerprint density at radius 2 is 2.42 bits per heavy atom. The van der Waals surface area contributed by atoms with E-state index in [0.29, 0.717) is 5.69 Å². The van der Waals surface area contributed by atoms with Gasteiger partial charge in [0.2, 0.25) is 0 Å². The number of hydrogen-bond donors (Lipinski definition) is 1. The first-order chi connectivity index (χ1) is 5.83. The fourth-order valence-corrected chi connectivity index (χ4v) is 1.54. The van der Waals surface area contributed by atoms with Gasteiger partial charge in [-0.15, -0.1) is 0 Å². The van der Waals surface area contributed by atoms with E-state index < -0.39 is 0 Å². The summed E-state index contributed by atoms with van der Waals surface area (Å²) in [5.74, 6) is 0. The second-order valence-corrected chi connectivity index (χ2v) is 3.19. The lowest BCUT2D eigenvalue weighted by Gasteiger charge is -1.94. The first kappa shape index (κ1) is 7.32. The first-order valence-electron chi connectivity index (χ1n) is 3.34. The lowest BCUT2D eigenvalue weighted by Crippen LogP contribution is -1.83. The molecule has 0 aromatic carbocycles. The number of rotatable bonds is 0. The van der Waals surface area contributed by atoms with E-state index in [-0.39, 0.29) is 0 Å². The number of H-pyrrole nitrogens is 1. The van der Waals surface area contributed by atoms with Crippen LogP contribution < -0.4 is 0 Å². The third kappa shape index (κ3) is 0.908. The van der Waals surface area contributed by atoms with Gasteiger partial charge in [-0.05, 0) is 22.0 Å². The van der Waals surface area contributed by atoms with Crippen molar-refractivity contribution in [3.8, 4) is 6.07 Å². The Morgan fingerprint density at radius 1 is 1.58 bits per heavy atom. The lowest BCUT2D eigenvalue weighted by atomic mass is 10.3. The molecule has 0 unspecified atom stereocenters. The third-order valence-corrected chi connectivity index (χ3v) is 2.29. The molecule has 4 heteroatoms. The Labute approximate surface area is 77.2 Å². The molecule has 12 heavy (non-hydrogen) atoms. The van der Waals surface area contributed by atoms with E-state index in [1.165, 1.54) is 0 Å². The van der Waals surface area contributed by atoms with Crippen molar-refractivity contribution in [2.45, 2.75) is 0 Å². The highest BCUT2D eigenvalue weighted by atomic mass is 79.9. The number of aromatic nitrogens is 2. The molecule has 1 N–H and O–H groups in total. The fraction of sp³-hybridized carbons (Fsp3) is 0. The standard InChI is InChI=1S/C8H4BrN3/c9-6-4-12-7(3-10)8-5(6)1-2-11-8/h1-2,4,11H. The predicted octanol–water partition coefficient (Wildman–Crippen LogP) is 2.20. The monoisotopic (exact) mass is 221 g/mol. The molecular formula is C8H4BrN3. The fourth-order valence-electron chi connectivity index (χ4n) is 1.10. The smallest absolute Gasteiger partial charge is 0.164 e. The van der Waals surface area contributed by atoms with E-state index in [2.05, 4.69) is 25.9 Å². The number of aromatic amines is 1. The molecule has 2 aromatic rings. The molecule has 2 aromatic heterocycles. The normalized spacial score (nSPS) is 10.0. The molecule has 0 spiro atoms. The van der Waals surface area contributed by atoms with Gasteiger partial charge in [-0.25, -0.2) is 4.98 Å². The summed E-state index contributed by atoms with van der Waals surface area (Å²) in [5.41, 5.74) is 1.21. The summed E-state index contributed by atoms with van der Waals surface area (Å²) in [7, 11) is 0. The Bertz CT molecular complexity index is 467. The second kappa shape index (κ2) is 2.61. The van der Waals surface area contributed by atoms with E-state index in [4.69, 9.17) is 5.26 Å². The Balaban J connectivity index is 2.94. The van der Waals surface area contributed by atoms with Gasteiger partial charge < -0.3 is 4.98 Å². The van der Waals surface area contributed by atoms with E-state index in [0.717, 1.165) is 15.4 Å². The molecule has 2 heterocycles. The first-order valence-corrected chi connectivity index (χ1v) is 4.14.